The summed E-state index contributed by atoms with van der Waals surface area (Å²) in [5, 5.41) is 17.2. The molecule has 2 aromatic heterocycles. The molecule has 2 fully saturated rings. The van der Waals surface area contributed by atoms with Crippen molar-refractivity contribution in [3.63, 3.8) is 0 Å². The van der Waals surface area contributed by atoms with E-state index in [2.05, 4.69) is 30.9 Å². The molecular formula is C37H31F3N10O5. The molecule has 1 unspecified atom stereocenters. The lowest BCUT2D eigenvalue weighted by molar-refractivity contribution is -0.136. The minimum atomic E-state index is -1.16. The summed E-state index contributed by atoms with van der Waals surface area (Å²) in [6.07, 6.45) is 1.35. The highest BCUT2D eigenvalue weighted by Crippen LogP contribution is 2.46. The molecule has 3 atom stereocenters. The Morgan fingerprint density at radius 1 is 0.891 bits per heavy atom. The van der Waals surface area contributed by atoms with E-state index in [9.17, 15) is 28.4 Å². The van der Waals surface area contributed by atoms with Crippen LogP contribution in [0.1, 0.15) is 68.2 Å². The lowest BCUT2D eigenvalue weighted by atomic mass is 9.83. The zero-order valence-corrected chi connectivity index (χ0v) is 29.1. The molecule has 3 N–H and O–H groups in total. The molecule has 9 rings (SSSR count). The van der Waals surface area contributed by atoms with E-state index in [0.717, 1.165) is 17.0 Å². The zero-order chi connectivity index (χ0) is 38.3. The molecule has 0 aliphatic carbocycles. The second-order valence-corrected chi connectivity index (χ2v) is 14.1. The van der Waals surface area contributed by atoms with Crippen molar-refractivity contribution in [1.82, 2.24) is 40.1 Å². The van der Waals surface area contributed by atoms with Crippen LogP contribution in [-0.2, 0) is 23.2 Å². The van der Waals surface area contributed by atoms with Crippen molar-refractivity contribution >= 4 is 45.8 Å². The van der Waals surface area contributed by atoms with E-state index < -0.39 is 64.6 Å². The minimum Gasteiger partial charge on any atom is -0.376 e. The van der Waals surface area contributed by atoms with E-state index in [1.165, 1.54) is 24.5 Å². The van der Waals surface area contributed by atoms with Gasteiger partial charge in [-0.05, 0) is 48.4 Å². The predicted octanol–water partition coefficient (Wildman–Crippen LogP) is 2.49. The molecule has 55 heavy (non-hydrogen) atoms. The molecule has 2 saturated heterocycles. The Labute approximate surface area is 309 Å². The van der Waals surface area contributed by atoms with Crippen LogP contribution in [0.3, 0.4) is 0 Å². The summed E-state index contributed by atoms with van der Waals surface area (Å²) in [6.45, 7) is 1.66. The van der Waals surface area contributed by atoms with E-state index in [0.29, 0.717) is 60.0 Å². The number of imide groups is 2. The lowest BCUT2D eigenvalue weighted by Gasteiger charge is -2.37. The quantitative estimate of drug-likeness (QED) is 0.217. The van der Waals surface area contributed by atoms with Gasteiger partial charge in [-0.1, -0.05) is 6.07 Å². The molecule has 0 spiro atoms. The molecule has 0 radical (unpaired) electrons. The molecule has 280 valence electrons. The number of piperazine rings is 1. The Morgan fingerprint density at radius 3 is 2.38 bits per heavy atom. The number of piperidine rings is 1. The van der Waals surface area contributed by atoms with Crippen LogP contribution in [0.2, 0.25) is 0 Å². The molecule has 6 heterocycles. The first kappa shape index (κ1) is 34.3. The van der Waals surface area contributed by atoms with Crippen LogP contribution in [0.5, 0.6) is 0 Å². The number of benzene rings is 3. The van der Waals surface area contributed by atoms with Crippen molar-refractivity contribution in [2.75, 3.05) is 36.4 Å². The number of fused-ring (bicyclic) bond motifs is 1. The number of H-pyrrole nitrogens is 1. The Balaban J connectivity index is 0.950. The largest absolute Gasteiger partial charge is 0.376 e. The summed E-state index contributed by atoms with van der Waals surface area (Å²) in [5.74, 6) is -4.61. The first-order chi connectivity index (χ1) is 26.5. The number of halogens is 3. The number of hydrogen-bond acceptors (Lipinski definition) is 11. The summed E-state index contributed by atoms with van der Waals surface area (Å²) >= 11 is 0. The van der Waals surface area contributed by atoms with Gasteiger partial charge >= 0.3 is 0 Å². The highest BCUT2D eigenvalue weighted by Gasteiger charge is 2.45. The fraction of sp³-hybridized carbons (Fsp3) is 0.297. The number of rotatable bonds is 6. The standard InChI is InChI=1S/C37H31F3N10O5/c1-47-33(41-16-42-47)30-31(43-25-13-19(38)12-22-29(25)32(30)45-46-34(22)52)17-2-3-23(39)27(11-17)49-8-6-48(7-9-49)15-18-10-20-21(14-24(18)40)37(55)50(36(20)54)26-4-5-28(51)44-35(26)53/h2-3,10-14,16,26,30-31,43H,4-9,15H2,1H3,(H,46,52)(H,44,51,53)/t26?,30-,31-/m1/s1. The van der Waals surface area contributed by atoms with E-state index in [-0.39, 0.29) is 41.5 Å². The molecule has 18 heteroatoms. The molecule has 4 aliphatic heterocycles. The Hall–Kier alpha value is -6.43. The number of anilines is 2. The number of nitrogens with zero attached hydrogens (tertiary/aromatic N) is 7. The molecule has 15 nitrogen and oxygen atoms in total. The summed E-state index contributed by atoms with van der Waals surface area (Å²) in [7, 11) is 1.72. The molecular weight excluding hydrogens is 721 g/mol. The summed E-state index contributed by atoms with van der Waals surface area (Å²) < 4.78 is 47.4. The third-order valence-electron chi connectivity index (χ3n) is 10.9. The van der Waals surface area contributed by atoms with Crippen molar-refractivity contribution in [3.05, 3.63) is 110 Å². The van der Waals surface area contributed by atoms with Gasteiger partial charge in [-0.2, -0.15) is 10.2 Å². The molecule has 3 aromatic carbocycles. The molecule has 0 saturated carbocycles. The van der Waals surface area contributed by atoms with Crippen molar-refractivity contribution in [2.45, 2.75) is 37.4 Å². The van der Waals surface area contributed by atoms with Gasteiger partial charge in [-0.15, -0.1) is 0 Å². The highest BCUT2D eigenvalue weighted by molar-refractivity contribution is 6.23. The summed E-state index contributed by atoms with van der Waals surface area (Å²) in [6, 6.07) is 7.73. The summed E-state index contributed by atoms with van der Waals surface area (Å²) in [5.41, 5.74) is 1.28. The first-order valence-electron chi connectivity index (χ1n) is 17.6. The average Bonchev–Trinajstić information content (AvgIpc) is 3.68. The average molecular weight is 753 g/mol. The number of nitrogens with one attached hydrogen (secondary N) is 3. The second kappa shape index (κ2) is 12.9. The van der Waals surface area contributed by atoms with Gasteiger partial charge in [0, 0.05) is 62.8 Å². The number of carbonyl (C=O) groups excluding carboxylic acids is 4. The van der Waals surface area contributed by atoms with Crippen LogP contribution in [0.25, 0.3) is 10.8 Å². The Kier molecular flexibility index (Phi) is 8.03. The van der Waals surface area contributed by atoms with E-state index in [4.69, 9.17) is 0 Å². The maximum absolute atomic E-state index is 15.6. The predicted molar refractivity (Wildman–Crippen MR) is 188 cm³/mol. The zero-order valence-electron chi connectivity index (χ0n) is 29.1. The maximum Gasteiger partial charge on any atom is 0.272 e. The van der Waals surface area contributed by atoms with Crippen molar-refractivity contribution in [1.29, 1.82) is 0 Å². The molecule has 4 aliphatic rings. The van der Waals surface area contributed by atoms with Gasteiger partial charge in [-0.25, -0.2) is 23.3 Å². The minimum absolute atomic E-state index is 0.0114. The van der Waals surface area contributed by atoms with E-state index >= 15 is 8.78 Å². The topological polar surface area (TPSA) is 179 Å². The summed E-state index contributed by atoms with van der Waals surface area (Å²) in [4.78, 5) is 72.3. The van der Waals surface area contributed by atoms with Gasteiger partial charge in [0.05, 0.1) is 39.9 Å². The van der Waals surface area contributed by atoms with Crippen LogP contribution < -0.4 is 21.1 Å². The number of aromatic amines is 1. The van der Waals surface area contributed by atoms with Gasteiger partial charge in [0.1, 0.15) is 35.6 Å². The number of aryl methyl sites for hydroxylation is 1. The lowest BCUT2D eigenvalue weighted by Crippen LogP contribution is -2.54. The van der Waals surface area contributed by atoms with E-state index in [1.54, 1.807) is 23.9 Å². The highest BCUT2D eigenvalue weighted by atomic mass is 19.1. The third kappa shape index (κ3) is 5.62. The molecule has 0 bridgehead atoms. The van der Waals surface area contributed by atoms with Crippen LogP contribution >= 0.6 is 0 Å². The number of aromatic nitrogens is 5. The smallest absolute Gasteiger partial charge is 0.272 e. The van der Waals surface area contributed by atoms with Crippen LogP contribution in [0.4, 0.5) is 24.5 Å². The van der Waals surface area contributed by atoms with Crippen molar-refractivity contribution in [3.8, 4) is 0 Å². The van der Waals surface area contributed by atoms with Crippen LogP contribution in [0.15, 0.2) is 53.6 Å². The van der Waals surface area contributed by atoms with Gasteiger partial charge in [0.2, 0.25) is 11.8 Å². The molecule has 4 amide bonds. The maximum atomic E-state index is 15.6. The van der Waals surface area contributed by atoms with Crippen molar-refractivity contribution in [2.24, 2.45) is 7.05 Å². The fourth-order valence-corrected chi connectivity index (χ4v) is 8.18. The Bertz CT molecular complexity index is 2550. The number of carbonyl (C=O) groups is 4. The van der Waals surface area contributed by atoms with Crippen LogP contribution in [-0.4, -0.2) is 90.6 Å². The third-order valence-corrected chi connectivity index (χ3v) is 10.9. The molecule has 5 aromatic rings. The van der Waals surface area contributed by atoms with Gasteiger partial charge in [0.25, 0.3) is 17.4 Å². The van der Waals surface area contributed by atoms with Crippen molar-refractivity contribution < 1.29 is 32.3 Å². The van der Waals surface area contributed by atoms with Gasteiger partial charge in [-0.3, -0.25) is 43.8 Å². The van der Waals surface area contributed by atoms with Crippen LogP contribution in [0, 0.1) is 17.5 Å². The Morgan fingerprint density at radius 2 is 1.65 bits per heavy atom. The first-order valence-corrected chi connectivity index (χ1v) is 17.6. The normalized spacial score (nSPS) is 21.3. The van der Waals surface area contributed by atoms with Gasteiger partial charge < -0.3 is 10.2 Å². The fourth-order valence-electron chi connectivity index (χ4n) is 8.18. The SMILES string of the molecule is Cn1ncnc1[C@H]1c2n[nH]c(=O)c3cc(F)cc(c23)N[C@@H]1c1ccc(F)c(N2CCN(Cc3cc4c(cc3F)C(=O)N(C3CCC(=O)NC3=O)C4=O)CC2)c1. The van der Waals surface area contributed by atoms with E-state index in [1.807, 2.05) is 9.80 Å². The monoisotopic (exact) mass is 752 g/mol. The van der Waals surface area contributed by atoms with Gasteiger partial charge in [0.15, 0.2) is 0 Å². The number of amides is 4. The number of hydrogen-bond donors (Lipinski definition) is 3. The second-order valence-electron chi connectivity index (χ2n) is 14.1.